The lowest BCUT2D eigenvalue weighted by Crippen LogP contribution is -2.34. The maximum atomic E-state index is 3.50. The second kappa shape index (κ2) is 6.41. The fourth-order valence-corrected chi connectivity index (χ4v) is 3.53. The van der Waals surface area contributed by atoms with Crippen molar-refractivity contribution in [2.75, 3.05) is 5.32 Å². The molecule has 0 aliphatic carbocycles. The van der Waals surface area contributed by atoms with Crippen molar-refractivity contribution in [3.05, 3.63) is 64.5 Å². The van der Waals surface area contributed by atoms with Gasteiger partial charge in [-0.3, -0.25) is 0 Å². The fourth-order valence-electron chi connectivity index (χ4n) is 2.25. The quantitative estimate of drug-likeness (QED) is 0.630. The van der Waals surface area contributed by atoms with E-state index in [0.717, 1.165) is 21.8 Å². The highest BCUT2D eigenvalue weighted by molar-refractivity contribution is 9.10. The van der Waals surface area contributed by atoms with Crippen LogP contribution in [-0.4, -0.2) is 0 Å². The van der Waals surface area contributed by atoms with Crippen molar-refractivity contribution in [3.8, 4) is 11.3 Å². The second-order valence-electron chi connectivity index (χ2n) is 4.67. The van der Waals surface area contributed by atoms with Crippen LogP contribution in [0.15, 0.2) is 64.5 Å². The molecule has 0 aliphatic heterocycles. The third kappa shape index (κ3) is 3.17. The molecule has 0 unspecified atom stereocenters. The summed E-state index contributed by atoms with van der Waals surface area (Å²) in [6.45, 7) is 3.11. The minimum atomic E-state index is 0.935. The molecule has 0 radical (unpaired) electrons. The Kier molecular flexibility index (Phi) is 4.36. The first kappa shape index (κ1) is 14.3. The van der Waals surface area contributed by atoms with Gasteiger partial charge in [-0.2, -0.15) is 0 Å². The van der Waals surface area contributed by atoms with Gasteiger partial charge in [0.25, 0.3) is 0 Å². The molecule has 1 aromatic heterocycles. The van der Waals surface area contributed by atoms with E-state index in [1.807, 2.05) is 18.2 Å². The number of aromatic nitrogens is 1. The van der Waals surface area contributed by atoms with Gasteiger partial charge in [0.05, 0.1) is 6.54 Å². The summed E-state index contributed by atoms with van der Waals surface area (Å²) >= 11 is 5.22. The van der Waals surface area contributed by atoms with E-state index in [1.54, 1.807) is 11.3 Å². The van der Waals surface area contributed by atoms with Crippen LogP contribution in [0.1, 0.15) is 6.92 Å². The van der Waals surface area contributed by atoms with Crippen LogP contribution >= 0.6 is 27.3 Å². The Morgan fingerprint density at radius 2 is 1.76 bits per heavy atom. The van der Waals surface area contributed by atoms with Gasteiger partial charge in [-0.25, -0.2) is 9.88 Å². The van der Waals surface area contributed by atoms with Crippen LogP contribution in [0, 0.1) is 0 Å². The molecule has 0 spiro atoms. The number of anilines is 2. The Morgan fingerprint density at radius 3 is 2.43 bits per heavy atom. The average molecular weight is 360 g/mol. The number of thiazole rings is 1. The lowest BCUT2D eigenvalue weighted by atomic mass is 10.2. The number of nitrogens with zero attached hydrogens (tertiary/aromatic N) is 1. The molecule has 0 atom stereocenters. The van der Waals surface area contributed by atoms with Gasteiger partial charge in [0.15, 0.2) is 0 Å². The molecule has 0 bridgehead atoms. The first-order valence-electron chi connectivity index (χ1n) is 6.87. The number of benzene rings is 2. The Morgan fingerprint density at radius 1 is 1.05 bits per heavy atom. The van der Waals surface area contributed by atoms with E-state index in [4.69, 9.17) is 0 Å². The molecular formula is C17H16BrN2S+. The van der Waals surface area contributed by atoms with Gasteiger partial charge in [-0.15, -0.1) is 0 Å². The Bertz CT molecular complexity index is 720. The molecule has 21 heavy (non-hydrogen) atoms. The molecule has 1 N–H and O–H groups in total. The van der Waals surface area contributed by atoms with Crippen LogP contribution < -0.4 is 9.88 Å². The topological polar surface area (TPSA) is 15.9 Å². The molecule has 0 saturated heterocycles. The first-order chi connectivity index (χ1) is 10.3. The van der Waals surface area contributed by atoms with Crippen molar-refractivity contribution in [3.63, 3.8) is 0 Å². The van der Waals surface area contributed by atoms with Crippen LogP contribution in [0.25, 0.3) is 11.3 Å². The largest absolute Gasteiger partial charge is 0.339 e. The molecule has 3 aromatic rings. The lowest BCUT2D eigenvalue weighted by Gasteiger charge is -2.04. The van der Waals surface area contributed by atoms with E-state index in [1.165, 1.54) is 11.3 Å². The predicted molar refractivity (Wildman–Crippen MR) is 93.0 cm³/mol. The standard InChI is InChI=1S/C17H15BrN2S/c1-2-20-16(13-8-10-14(18)11-9-13)12-21-17(20)19-15-6-4-3-5-7-15/h3-12H,2H2,1H3/p+1. The summed E-state index contributed by atoms with van der Waals surface area (Å²) < 4.78 is 3.41. The van der Waals surface area contributed by atoms with Gasteiger partial charge in [0, 0.05) is 15.4 Å². The molecule has 0 aliphatic rings. The third-order valence-corrected chi connectivity index (χ3v) is 4.71. The van der Waals surface area contributed by atoms with Gasteiger partial charge in [0.2, 0.25) is 0 Å². The average Bonchev–Trinajstić information content (AvgIpc) is 2.92. The highest BCUT2D eigenvalue weighted by Gasteiger charge is 2.18. The lowest BCUT2D eigenvalue weighted by molar-refractivity contribution is -0.664. The van der Waals surface area contributed by atoms with Gasteiger partial charge < -0.3 is 0 Å². The Labute approximate surface area is 137 Å². The maximum absolute atomic E-state index is 3.50. The highest BCUT2D eigenvalue weighted by atomic mass is 79.9. The van der Waals surface area contributed by atoms with Crippen molar-refractivity contribution < 1.29 is 4.57 Å². The number of nitrogens with one attached hydrogen (secondary N) is 1. The van der Waals surface area contributed by atoms with Crippen LogP contribution in [0.2, 0.25) is 0 Å². The molecule has 0 fully saturated rings. The smallest absolute Gasteiger partial charge is 0.231 e. The molecule has 1 heterocycles. The molecular weight excluding hydrogens is 344 g/mol. The van der Waals surface area contributed by atoms with Gasteiger partial charge in [-0.1, -0.05) is 45.5 Å². The van der Waals surface area contributed by atoms with Crippen molar-refractivity contribution >= 4 is 38.1 Å². The van der Waals surface area contributed by atoms with Crippen LogP contribution in [0.5, 0.6) is 0 Å². The Balaban J connectivity index is 1.95. The molecule has 0 amide bonds. The molecule has 106 valence electrons. The van der Waals surface area contributed by atoms with Crippen LogP contribution in [-0.2, 0) is 6.54 Å². The van der Waals surface area contributed by atoms with Gasteiger partial charge in [-0.05, 0) is 43.3 Å². The van der Waals surface area contributed by atoms with Gasteiger partial charge >= 0.3 is 5.13 Å². The minimum Gasteiger partial charge on any atom is -0.231 e. The summed E-state index contributed by atoms with van der Waals surface area (Å²) in [7, 11) is 0. The normalized spacial score (nSPS) is 10.6. The van der Waals surface area contributed by atoms with E-state index in [-0.39, 0.29) is 0 Å². The van der Waals surface area contributed by atoms with E-state index < -0.39 is 0 Å². The highest BCUT2D eigenvalue weighted by Crippen LogP contribution is 2.26. The summed E-state index contributed by atoms with van der Waals surface area (Å²) in [5, 5.41) is 6.86. The van der Waals surface area contributed by atoms with Gasteiger partial charge in [0.1, 0.15) is 11.4 Å². The predicted octanol–water partition coefficient (Wildman–Crippen LogP) is 5.23. The SMILES string of the molecule is CC[n+]1c(-c2ccc(Br)cc2)csc1Nc1ccccc1. The molecule has 2 nitrogen and oxygen atoms in total. The summed E-state index contributed by atoms with van der Waals surface area (Å²) in [6.07, 6.45) is 0. The minimum absolute atomic E-state index is 0.935. The number of hydrogen-bond acceptors (Lipinski definition) is 2. The van der Waals surface area contributed by atoms with E-state index >= 15 is 0 Å². The summed E-state index contributed by atoms with van der Waals surface area (Å²) in [6, 6.07) is 18.7. The van der Waals surface area contributed by atoms with Crippen LogP contribution in [0.3, 0.4) is 0 Å². The monoisotopic (exact) mass is 359 g/mol. The van der Waals surface area contributed by atoms with Crippen LogP contribution in [0.4, 0.5) is 10.8 Å². The zero-order valence-corrected chi connectivity index (χ0v) is 14.1. The third-order valence-electron chi connectivity index (χ3n) is 3.30. The summed E-state index contributed by atoms with van der Waals surface area (Å²) in [5.41, 5.74) is 3.59. The molecule has 3 rings (SSSR count). The summed E-state index contributed by atoms with van der Waals surface area (Å²) in [4.78, 5) is 0. The number of hydrogen-bond donors (Lipinski definition) is 1. The molecule has 2 aromatic carbocycles. The fraction of sp³-hybridized carbons (Fsp3) is 0.118. The van der Waals surface area contributed by atoms with Crippen molar-refractivity contribution in [1.29, 1.82) is 0 Å². The number of halogens is 1. The number of para-hydroxylation sites is 1. The maximum Gasteiger partial charge on any atom is 0.339 e. The zero-order chi connectivity index (χ0) is 14.7. The van der Waals surface area contributed by atoms with Crippen molar-refractivity contribution in [1.82, 2.24) is 0 Å². The number of rotatable bonds is 4. The van der Waals surface area contributed by atoms with E-state index in [0.29, 0.717) is 0 Å². The Hall–Kier alpha value is -1.65. The zero-order valence-electron chi connectivity index (χ0n) is 11.7. The molecule has 4 heteroatoms. The second-order valence-corrected chi connectivity index (χ2v) is 6.44. The summed E-state index contributed by atoms with van der Waals surface area (Å²) in [5.74, 6) is 0. The van der Waals surface area contributed by atoms with E-state index in [2.05, 4.69) is 74.5 Å². The molecule has 0 saturated carbocycles. The van der Waals surface area contributed by atoms with E-state index in [9.17, 15) is 0 Å². The van der Waals surface area contributed by atoms with Crippen molar-refractivity contribution in [2.45, 2.75) is 13.5 Å². The van der Waals surface area contributed by atoms with Crippen molar-refractivity contribution in [2.24, 2.45) is 0 Å². The first-order valence-corrected chi connectivity index (χ1v) is 8.54.